The van der Waals surface area contributed by atoms with Crippen LogP contribution in [-0.2, 0) is 22.4 Å². The summed E-state index contributed by atoms with van der Waals surface area (Å²) in [4.78, 5) is 26.1. The highest BCUT2D eigenvalue weighted by Gasteiger charge is 2.34. The molecular formula is C22H26ClNO4S. The quantitative estimate of drug-likeness (QED) is 0.642. The number of esters is 1. The third-order valence-corrected chi connectivity index (χ3v) is 6.81. The summed E-state index contributed by atoms with van der Waals surface area (Å²) >= 11 is 7.52. The second-order valence-corrected chi connectivity index (χ2v) is 9.78. The van der Waals surface area contributed by atoms with Crippen molar-refractivity contribution in [1.29, 1.82) is 0 Å². The van der Waals surface area contributed by atoms with E-state index in [1.807, 2.05) is 0 Å². The predicted octanol–water partition coefficient (Wildman–Crippen LogP) is 5.36. The Balaban J connectivity index is 1.78. The SMILES string of the molecule is COC(=O)c1c(NC(=O)COc2ccccc2Cl)sc2c1CC[C@H](C(C)(C)C)C2. The minimum atomic E-state index is -0.418. The zero-order chi connectivity index (χ0) is 21.2. The molecule has 1 heterocycles. The summed E-state index contributed by atoms with van der Waals surface area (Å²) in [5.74, 6) is 0.210. The number of thiophene rings is 1. The minimum absolute atomic E-state index is 0.194. The van der Waals surface area contributed by atoms with E-state index in [0.717, 1.165) is 29.7 Å². The first-order chi connectivity index (χ1) is 13.7. The Kier molecular flexibility index (Phi) is 6.54. The van der Waals surface area contributed by atoms with Crippen LogP contribution in [0.1, 0.15) is 48.0 Å². The Labute approximate surface area is 180 Å². The zero-order valence-electron chi connectivity index (χ0n) is 17.1. The molecule has 29 heavy (non-hydrogen) atoms. The Morgan fingerprint density at radius 1 is 1.28 bits per heavy atom. The van der Waals surface area contributed by atoms with Gasteiger partial charge in [0.1, 0.15) is 10.8 Å². The van der Waals surface area contributed by atoms with E-state index < -0.39 is 5.97 Å². The molecule has 1 N–H and O–H groups in total. The highest BCUT2D eigenvalue weighted by Crippen LogP contribution is 2.44. The maximum Gasteiger partial charge on any atom is 0.341 e. The molecule has 0 unspecified atom stereocenters. The third-order valence-electron chi connectivity index (χ3n) is 5.33. The molecule has 1 aromatic carbocycles. The van der Waals surface area contributed by atoms with E-state index in [1.54, 1.807) is 24.3 Å². The van der Waals surface area contributed by atoms with Gasteiger partial charge in [0.15, 0.2) is 6.61 Å². The van der Waals surface area contributed by atoms with Crippen LogP contribution < -0.4 is 10.1 Å². The number of methoxy groups -OCH3 is 1. The largest absolute Gasteiger partial charge is 0.482 e. The van der Waals surface area contributed by atoms with Crippen LogP contribution in [0.2, 0.25) is 5.02 Å². The number of hydrogen-bond acceptors (Lipinski definition) is 5. The number of benzene rings is 1. The van der Waals surface area contributed by atoms with Gasteiger partial charge in [0.25, 0.3) is 5.91 Å². The average molecular weight is 436 g/mol. The Morgan fingerprint density at radius 2 is 2.00 bits per heavy atom. The van der Waals surface area contributed by atoms with E-state index in [4.69, 9.17) is 21.1 Å². The number of amides is 1. The van der Waals surface area contributed by atoms with Crippen molar-refractivity contribution in [3.63, 3.8) is 0 Å². The minimum Gasteiger partial charge on any atom is -0.482 e. The van der Waals surface area contributed by atoms with Gasteiger partial charge < -0.3 is 14.8 Å². The summed E-state index contributed by atoms with van der Waals surface area (Å²) in [5.41, 5.74) is 1.68. The molecule has 7 heteroatoms. The summed E-state index contributed by atoms with van der Waals surface area (Å²) in [6.07, 6.45) is 2.73. The number of carbonyl (C=O) groups is 2. The number of rotatable bonds is 5. The molecule has 1 amide bonds. The van der Waals surface area contributed by atoms with Crippen molar-refractivity contribution in [2.45, 2.75) is 40.0 Å². The number of carbonyl (C=O) groups excluding carboxylic acids is 2. The summed E-state index contributed by atoms with van der Waals surface area (Å²) in [7, 11) is 1.36. The molecule has 1 aliphatic carbocycles. The first-order valence-corrected chi connectivity index (χ1v) is 10.8. The molecule has 0 saturated carbocycles. The molecule has 0 spiro atoms. The van der Waals surface area contributed by atoms with Crippen molar-refractivity contribution in [3.8, 4) is 5.75 Å². The molecule has 0 bridgehead atoms. The molecule has 0 saturated heterocycles. The van der Waals surface area contributed by atoms with Crippen LogP contribution >= 0.6 is 22.9 Å². The molecule has 1 atom stereocenters. The molecule has 156 valence electrons. The molecule has 5 nitrogen and oxygen atoms in total. The number of nitrogens with one attached hydrogen (secondary N) is 1. The monoisotopic (exact) mass is 435 g/mol. The maximum atomic E-state index is 12.5. The molecule has 0 aliphatic heterocycles. The lowest BCUT2D eigenvalue weighted by molar-refractivity contribution is -0.118. The van der Waals surface area contributed by atoms with Gasteiger partial charge in [-0.3, -0.25) is 4.79 Å². The predicted molar refractivity (Wildman–Crippen MR) is 116 cm³/mol. The van der Waals surface area contributed by atoms with Gasteiger partial charge in [-0.15, -0.1) is 11.3 Å². The molecule has 0 radical (unpaired) electrons. The van der Waals surface area contributed by atoms with Crippen molar-refractivity contribution in [1.82, 2.24) is 0 Å². The van der Waals surface area contributed by atoms with Crippen molar-refractivity contribution in [3.05, 3.63) is 45.3 Å². The molecule has 3 rings (SSSR count). The molecule has 1 aromatic heterocycles. The van der Waals surface area contributed by atoms with Crippen LogP contribution in [0.4, 0.5) is 5.00 Å². The number of ether oxygens (including phenoxy) is 2. The van der Waals surface area contributed by atoms with Crippen LogP contribution in [0.3, 0.4) is 0 Å². The fourth-order valence-corrected chi connectivity index (χ4v) is 5.12. The van der Waals surface area contributed by atoms with E-state index >= 15 is 0 Å². The fourth-order valence-electron chi connectivity index (χ4n) is 3.60. The number of para-hydroxylation sites is 1. The van der Waals surface area contributed by atoms with Crippen molar-refractivity contribution >= 4 is 39.8 Å². The smallest absolute Gasteiger partial charge is 0.341 e. The van der Waals surface area contributed by atoms with Crippen molar-refractivity contribution in [2.24, 2.45) is 11.3 Å². The van der Waals surface area contributed by atoms with Crippen LogP contribution in [0.5, 0.6) is 5.75 Å². The highest BCUT2D eigenvalue weighted by molar-refractivity contribution is 7.17. The zero-order valence-corrected chi connectivity index (χ0v) is 18.7. The standard InChI is InChI=1S/C22H26ClNO4S/c1-22(2,3)13-9-10-14-17(11-13)29-20(19(14)21(26)27-4)24-18(25)12-28-16-8-6-5-7-15(16)23/h5-8,13H,9-12H2,1-4H3,(H,24,25)/t13-/m0/s1. The van der Waals surface area contributed by atoms with Gasteiger partial charge in [-0.2, -0.15) is 0 Å². The Bertz CT molecular complexity index is 916. The summed E-state index contributed by atoms with van der Waals surface area (Å²) in [6, 6.07) is 6.97. The molecule has 1 aliphatic rings. The van der Waals surface area contributed by atoms with Crippen LogP contribution in [0.15, 0.2) is 24.3 Å². The normalized spacial score (nSPS) is 16.1. The van der Waals surface area contributed by atoms with Gasteiger partial charge in [-0.25, -0.2) is 4.79 Å². The van der Waals surface area contributed by atoms with Gasteiger partial charge >= 0.3 is 5.97 Å². The number of halogens is 1. The second-order valence-electron chi connectivity index (χ2n) is 8.27. The first kappa shape index (κ1) is 21.7. The lowest BCUT2D eigenvalue weighted by atomic mass is 9.72. The van der Waals surface area contributed by atoms with Gasteiger partial charge in [0, 0.05) is 4.88 Å². The van der Waals surface area contributed by atoms with E-state index in [9.17, 15) is 9.59 Å². The van der Waals surface area contributed by atoms with Gasteiger partial charge in [0.2, 0.25) is 0 Å². The molecule has 0 fully saturated rings. The average Bonchev–Trinajstić information content (AvgIpc) is 3.03. The molecule has 2 aromatic rings. The van der Waals surface area contributed by atoms with Gasteiger partial charge in [-0.05, 0) is 48.3 Å². The van der Waals surface area contributed by atoms with E-state index in [0.29, 0.717) is 27.3 Å². The van der Waals surface area contributed by atoms with E-state index in [2.05, 4.69) is 26.1 Å². The highest BCUT2D eigenvalue weighted by atomic mass is 35.5. The van der Waals surface area contributed by atoms with Gasteiger partial charge in [0.05, 0.1) is 17.7 Å². The number of hydrogen-bond donors (Lipinski definition) is 1. The molecular weight excluding hydrogens is 410 g/mol. The van der Waals surface area contributed by atoms with E-state index in [1.165, 1.54) is 18.4 Å². The van der Waals surface area contributed by atoms with Crippen molar-refractivity contribution < 1.29 is 19.1 Å². The topological polar surface area (TPSA) is 64.6 Å². The first-order valence-electron chi connectivity index (χ1n) is 9.60. The van der Waals surface area contributed by atoms with Crippen LogP contribution in [0, 0.1) is 11.3 Å². The Morgan fingerprint density at radius 3 is 2.66 bits per heavy atom. The van der Waals surface area contributed by atoms with Gasteiger partial charge in [-0.1, -0.05) is 44.5 Å². The fraction of sp³-hybridized carbons (Fsp3) is 0.455. The third kappa shape index (κ3) is 4.93. The van der Waals surface area contributed by atoms with Crippen molar-refractivity contribution in [2.75, 3.05) is 19.0 Å². The summed E-state index contributed by atoms with van der Waals surface area (Å²) in [6.45, 7) is 6.53. The van der Waals surface area contributed by atoms with Crippen LogP contribution in [-0.4, -0.2) is 25.6 Å². The lowest BCUT2D eigenvalue weighted by Crippen LogP contribution is -2.26. The number of anilines is 1. The maximum absolute atomic E-state index is 12.5. The summed E-state index contributed by atoms with van der Waals surface area (Å²) < 4.78 is 10.5. The lowest BCUT2D eigenvalue weighted by Gasteiger charge is -2.33. The number of fused-ring (bicyclic) bond motifs is 1. The Hall–Kier alpha value is -2.05. The van der Waals surface area contributed by atoms with E-state index in [-0.39, 0.29) is 17.9 Å². The van der Waals surface area contributed by atoms with Crippen LogP contribution in [0.25, 0.3) is 0 Å². The summed E-state index contributed by atoms with van der Waals surface area (Å²) in [5, 5.41) is 3.81. The second kappa shape index (κ2) is 8.76.